The molecule has 7 heteroatoms. The number of anilines is 1. The highest BCUT2D eigenvalue weighted by Crippen LogP contribution is 2.29. The minimum atomic E-state index is -0.767. The average Bonchev–Trinajstić information content (AvgIpc) is 3.20. The van der Waals surface area contributed by atoms with Gasteiger partial charge < -0.3 is 10.0 Å². The monoisotopic (exact) mass is 380 g/mol. The van der Waals surface area contributed by atoms with Gasteiger partial charge in [-0.15, -0.1) is 0 Å². The number of halogens is 1. The van der Waals surface area contributed by atoms with Crippen LogP contribution in [-0.4, -0.2) is 39.1 Å². The van der Waals surface area contributed by atoms with Gasteiger partial charge in [0.1, 0.15) is 5.82 Å². The molecule has 6 nitrogen and oxygen atoms in total. The van der Waals surface area contributed by atoms with Crippen molar-refractivity contribution in [1.29, 1.82) is 0 Å². The van der Waals surface area contributed by atoms with Crippen LogP contribution in [-0.2, 0) is 4.79 Å². The van der Waals surface area contributed by atoms with Gasteiger partial charge in [-0.3, -0.25) is 9.78 Å². The molecule has 1 aliphatic heterocycles. The van der Waals surface area contributed by atoms with E-state index in [0.29, 0.717) is 30.4 Å². The van der Waals surface area contributed by atoms with Crippen LogP contribution in [0.3, 0.4) is 0 Å². The first-order valence-corrected chi connectivity index (χ1v) is 9.01. The van der Waals surface area contributed by atoms with Gasteiger partial charge in [0.05, 0.1) is 11.6 Å². The topological polar surface area (TPSA) is 79.2 Å². The molecule has 3 aromatic rings. The van der Waals surface area contributed by atoms with Crippen LogP contribution in [0.2, 0.25) is 5.02 Å². The van der Waals surface area contributed by atoms with Gasteiger partial charge in [0, 0.05) is 47.7 Å². The second-order valence-corrected chi connectivity index (χ2v) is 6.89. The molecule has 1 fully saturated rings. The van der Waals surface area contributed by atoms with E-state index in [9.17, 15) is 9.90 Å². The van der Waals surface area contributed by atoms with Gasteiger partial charge in [-0.1, -0.05) is 23.7 Å². The molecule has 0 aliphatic carbocycles. The fourth-order valence-electron chi connectivity index (χ4n) is 3.16. The van der Waals surface area contributed by atoms with E-state index in [1.54, 1.807) is 12.4 Å². The van der Waals surface area contributed by atoms with Gasteiger partial charge >= 0.3 is 5.97 Å². The van der Waals surface area contributed by atoms with E-state index >= 15 is 0 Å². The summed E-state index contributed by atoms with van der Waals surface area (Å²) in [6.07, 6.45) is 4.03. The summed E-state index contributed by atoms with van der Waals surface area (Å²) >= 11 is 6.00. The van der Waals surface area contributed by atoms with Gasteiger partial charge in [0.15, 0.2) is 5.82 Å². The van der Waals surface area contributed by atoms with Gasteiger partial charge in [-0.25, -0.2) is 9.97 Å². The van der Waals surface area contributed by atoms with E-state index in [1.165, 1.54) is 0 Å². The smallest absolute Gasteiger partial charge is 0.308 e. The van der Waals surface area contributed by atoms with E-state index < -0.39 is 5.97 Å². The zero-order valence-corrected chi connectivity index (χ0v) is 15.2. The number of aromatic nitrogens is 3. The summed E-state index contributed by atoms with van der Waals surface area (Å²) in [7, 11) is 0. The van der Waals surface area contributed by atoms with Crippen LogP contribution in [0.25, 0.3) is 22.6 Å². The minimum absolute atomic E-state index is 0.374. The van der Waals surface area contributed by atoms with Crippen LogP contribution < -0.4 is 4.90 Å². The highest BCUT2D eigenvalue weighted by molar-refractivity contribution is 6.30. The second-order valence-electron chi connectivity index (χ2n) is 6.45. The summed E-state index contributed by atoms with van der Waals surface area (Å²) in [4.78, 5) is 26.8. The van der Waals surface area contributed by atoms with E-state index in [0.717, 1.165) is 22.6 Å². The van der Waals surface area contributed by atoms with Crippen LogP contribution >= 0.6 is 11.6 Å². The lowest BCUT2D eigenvalue weighted by Crippen LogP contribution is -2.23. The van der Waals surface area contributed by atoms with Crippen LogP contribution in [0.5, 0.6) is 0 Å². The van der Waals surface area contributed by atoms with Crippen molar-refractivity contribution in [2.75, 3.05) is 18.0 Å². The van der Waals surface area contributed by atoms with Crippen molar-refractivity contribution in [1.82, 2.24) is 15.0 Å². The van der Waals surface area contributed by atoms with Crippen molar-refractivity contribution in [2.24, 2.45) is 5.92 Å². The maximum absolute atomic E-state index is 11.3. The molecule has 0 saturated carbocycles. The quantitative estimate of drug-likeness (QED) is 0.742. The Morgan fingerprint density at radius 2 is 1.96 bits per heavy atom. The Kier molecular flexibility index (Phi) is 4.73. The Hall–Kier alpha value is -2.99. The van der Waals surface area contributed by atoms with Crippen molar-refractivity contribution >= 4 is 23.4 Å². The molecule has 2 aromatic heterocycles. The molecule has 1 aliphatic rings. The summed E-state index contributed by atoms with van der Waals surface area (Å²) in [5, 5.41) is 9.95. The molecule has 0 radical (unpaired) electrons. The summed E-state index contributed by atoms with van der Waals surface area (Å²) in [6, 6.07) is 13.1. The normalized spacial score (nSPS) is 16.5. The zero-order valence-electron chi connectivity index (χ0n) is 14.4. The molecule has 27 heavy (non-hydrogen) atoms. The first-order chi connectivity index (χ1) is 13.1. The van der Waals surface area contributed by atoms with E-state index in [4.69, 9.17) is 16.6 Å². The molecule has 0 spiro atoms. The van der Waals surface area contributed by atoms with Gasteiger partial charge in [-0.2, -0.15) is 0 Å². The van der Waals surface area contributed by atoms with Crippen LogP contribution in [0, 0.1) is 5.92 Å². The molecule has 1 saturated heterocycles. The molecule has 0 bridgehead atoms. The Morgan fingerprint density at radius 1 is 1.15 bits per heavy atom. The summed E-state index contributed by atoms with van der Waals surface area (Å²) < 4.78 is 0. The molecule has 0 unspecified atom stereocenters. The number of carboxylic acid groups (broad SMARTS) is 1. The van der Waals surface area contributed by atoms with Crippen molar-refractivity contribution in [3.8, 4) is 22.6 Å². The predicted octanol–water partition coefficient (Wildman–Crippen LogP) is 3.77. The number of aliphatic carboxylic acids is 1. The first-order valence-electron chi connectivity index (χ1n) is 8.63. The number of pyridine rings is 1. The Bertz CT molecular complexity index is 963. The Balaban J connectivity index is 1.77. The summed E-state index contributed by atoms with van der Waals surface area (Å²) in [5.74, 6) is 0.139. The Labute approximate surface area is 161 Å². The molecule has 1 atom stereocenters. The number of hydrogen-bond acceptors (Lipinski definition) is 5. The molecular formula is C20H17ClN4O2. The van der Waals surface area contributed by atoms with Crippen LogP contribution in [0.4, 0.5) is 5.82 Å². The second kappa shape index (κ2) is 7.32. The molecular weight excluding hydrogens is 364 g/mol. The number of carboxylic acids is 1. The first kappa shape index (κ1) is 17.4. The van der Waals surface area contributed by atoms with Crippen molar-refractivity contribution < 1.29 is 9.90 Å². The van der Waals surface area contributed by atoms with Gasteiger partial charge in [-0.05, 0) is 30.7 Å². The number of hydrogen-bond donors (Lipinski definition) is 1. The highest BCUT2D eigenvalue weighted by atomic mass is 35.5. The summed E-state index contributed by atoms with van der Waals surface area (Å²) in [5.41, 5.74) is 2.49. The number of rotatable bonds is 4. The molecule has 3 heterocycles. The maximum atomic E-state index is 11.3. The molecule has 1 N–H and O–H groups in total. The van der Waals surface area contributed by atoms with E-state index in [1.807, 2.05) is 47.4 Å². The molecule has 1 aromatic carbocycles. The lowest BCUT2D eigenvalue weighted by Gasteiger charge is -2.18. The third-order valence-corrected chi connectivity index (χ3v) is 4.89. The molecule has 0 amide bonds. The van der Waals surface area contributed by atoms with Crippen molar-refractivity contribution in [3.63, 3.8) is 0 Å². The van der Waals surface area contributed by atoms with Gasteiger partial charge in [0.25, 0.3) is 0 Å². The van der Waals surface area contributed by atoms with Crippen LogP contribution in [0.1, 0.15) is 6.42 Å². The lowest BCUT2D eigenvalue weighted by atomic mass is 10.1. The molecule has 4 rings (SSSR count). The fraction of sp³-hybridized carbons (Fsp3) is 0.200. The van der Waals surface area contributed by atoms with E-state index in [-0.39, 0.29) is 5.92 Å². The van der Waals surface area contributed by atoms with Crippen LogP contribution in [0.15, 0.2) is 54.9 Å². The fourth-order valence-corrected chi connectivity index (χ4v) is 3.29. The third kappa shape index (κ3) is 3.75. The van der Waals surface area contributed by atoms with E-state index in [2.05, 4.69) is 9.97 Å². The molecule has 136 valence electrons. The van der Waals surface area contributed by atoms with Crippen molar-refractivity contribution in [3.05, 3.63) is 59.9 Å². The SMILES string of the molecule is O=C(O)[C@@H]1CCN(c2cc(-c3ccc(Cl)cc3)nc(-c3cccnc3)n2)C1. The highest BCUT2D eigenvalue weighted by Gasteiger charge is 2.29. The Morgan fingerprint density at radius 3 is 2.63 bits per heavy atom. The zero-order chi connectivity index (χ0) is 18.8. The summed E-state index contributed by atoms with van der Waals surface area (Å²) in [6.45, 7) is 1.10. The van der Waals surface area contributed by atoms with Gasteiger partial charge in [0.2, 0.25) is 0 Å². The number of carbonyl (C=O) groups is 1. The lowest BCUT2D eigenvalue weighted by molar-refractivity contribution is -0.140. The number of benzene rings is 1. The predicted molar refractivity (Wildman–Crippen MR) is 104 cm³/mol. The number of nitrogens with zero attached hydrogens (tertiary/aromatic N) is 4. The maximum Gasteiger partial charge on any atom is 0.308 e. The minimum Gasteiger partial charge on any atom is -0.481 e. The standard InChI is InChI=1S/C20H17ClN4O2/c21-16-5-3-13(4-6-16)17-10-18(25-9-7-15(12-25)20(26)27)24-19(23-17)14-2-1-8-22-11-14/h1-6,8,10-11,15H,7,9,12H2,(H,26,27)/t15-/m1/s1. The average molecular weight is 381 g/mol. The largest absolute Gasteiger partial charge is 0.481 e. The third-order valence-electron chi connectivity index (χ3n) is 4.63. The van der Waals surface area contributed by atoms with Crippen molar-refractivity contribution in [2.45, 2.75) is 6.42 Å².